The maximum absolute atomic E-state index is 11.5. The third-order valence-electron chi connectivity index (χ3n) is 2.81. The van der Waals surface area contributed by atoms with Crippen LogP contribution in [-0.4, -0.2) is 24.9 Å². The van der Waals surface area contributed by atoms with Crippen LogP contribution < -0.4 is 0 Å². The molecular formula is C14H29NO. The Hall–Kier alpha value is -0.530. The van der Waals surface area contributed by atoms with Crippen LogP contribution in [0.2, 0.25) is 0 Å². The maximum Gasteiger partial charge on any atom is 0.225 e. The molecule has 0 aromatic carbocycles. The second-order valence-corrected chi connectivity index (χ2v) is 5.92. The van der Waals surface area contributed by atoms with E-state index in [0.717, 1.165) is 24.7 Å². The van der Waals surface area contributed by atoms with Gasteiger partial charge >= 0.3 is 0 Å². The van der Waals surface area contributed by atoms with E-state index in [4.69, 9.17) is 0 Å². The molecule has 0 aromatic heterocycles. The zero-order chi connectivity index (χ0) is 12.7. The first-order valence-corrected chi connectivity index (χ1v) is 6.55. The van der Waals surface area contributed by atoms with Crippen LogP contribution in [0.1, 0.15) is 53.4 Å². The van der Waals surface area contributed by atoms with Gasteiger partial charge in [-0.1, -0.05) is 27.7 Å². The molecule has 1 aliphatic carbocycles. The molecule has 0 heterocycles. The molecule has 0 aliphatic heterocycles. The predicted octanol–water partition coefficient (Wildman–Crippen LogP) is 3.56. The summed E-state index contributed by atoms with van der Waals surface area (Å²) in [5.41, 5.74) is 0. The molecular weight excluding hydrogens is 198 g/mol. The van der Waals surface area contributed by atoms with Gasteiger partial charge in [0, 0.05) is 20.0 Å². The van der Waals surface area contributed by atoms with Crippen LogP contribution in [0.25, 0.3) is 0 Å². The first-order chi connectivity index (χ1) is 7.34. The Kier molecular flexibility index (Phi) is 7.44. The fraction of sp³-hybridized carbons (Fsp3) is 0.929. The standard InChI is InChI=1S/C10H19NO.C4H10/c1-8-4-6-9(7-5-8)10(12)11(2)3;1-4(2)3/h8-9H,4-7H2,1-3H3;4H,1-3H3. The molecule has 2 nitrogen and oxygen atoms in total. The number of amides is 1. The summed E-state index contributed by atoms with van der Waals surface area (Å²) in [6.07, 6.45) is 4.64. The van der Waals surface area contributed by atoms with Crippen LogP contribution in [0, 0.1) is 17.8 Å². The number of carbonyl (C=O) groups is 1. The molecule has 0 spiro atoms. The number of hydrogen-bond acceptors (Lipinski definition) is 1. The Balaban J connectivity index is 0.000000487. The molecule has 0 atom stereocenters. The van der Waals surface area contributed by atoms with E-state index in [2.05, 4.69) is 27.7 Å². The molecule has 0 saturated heterocycles. The summed E-state index contributed by atoms with van der Waals surface area (Å²) in [4.78, 5) is 13.3. The van der Waals surface area contributed by atoms with Crippen molar-refractivity contribution in [2.75, 3.05) is 14.1 Å². The van der Waals surface area contributed by atoms with Crippen LogP contribution in [0.5, 0.6) is 0 Å². The molecule has 0 bridgehead atoms. The van der Waals surface area contributed by atoms with Gasteiger partial charge < -0.3 is 4.90 Å². The van der Waals surface area contributed by atoms with Gasteiger partial charge in [-0.25, -0.2) is 0 Å². The van der Waals surface area contributed by atoms with Crippen LogP contribution in [0.15, 0.2) is 0 Å². The lowest BCUT2D eigenvalue weighted by Crippen LogP contribution is -2.31. The van der Waals surface area contributed by atoms with Crippen molar-refractivity contribution in [3.05, 3.63) is 0 Å². The van der Waals surface area contributed by atoms with Gasteiger partial charge in [0.15, 0.2) is 0 Å². The number of nitrogens with zero attached hydrogens (tertiary/aromatic N) is 1. The van der Waals surface area contributed by atoms with Crippen molar-refractivity contribution in [3.63, 3.8) is 0 Å². The largest absolute Gasteiger partial charge is 0.349 e. The number of hydrogen-bond donors (Lipinski definition) is 0. The fourth-order valence-electron chi connectivity index (χ4n) is 1.87. The highest BCUT2D eigenvalue weighted by atomic mass is 16.2. The average Bonchev–Trinajstić information content (AvgIpc) is 2.17. The van der Waals surface area contributed by atoms with E-state index in [1.807, 2.05) is 14.1 Å². The maximum atomic E-state index is 11.5. The van der Waals surface area contributed by atoms with Gasteiger partial charge in [-0.05, 0) is 37.5 Å². The van der Waals surface area contributed by atoms with Crippen molar-refractivity contribution in [1.82, 2.24) is 4.90 Å². The van der Waals surface area contributed by atoms with Gasteiger partial charge in [-0.2, -0.15) is 0 Å². The van der Waals surface area contributed by atoms with Crippen LogP contribution in [0.4, 0.5) is 0 Å². The van der Waals surface area contributed by atoms with E-state index in [1.165, 1.54) is 12.8 Å². The molecule has 2 heteroatoms. The zero-order valence-electron chi connectivity index (χ0n) is 11.9. The van der Waals surface area contributed by atoms with Crippen molar-refractivity contribution < 1.29 is 4.79 Å². The molecule has 96 valence electrons. The Morgan fingerprint density at radius 3 is 1.75 bits per heavy atom. The van der Waals surface area contributed by atoms with Crippen LogP contribution in [-0.2, 0) is 4.79 Å². The van der Waals surface area contributed by atoms with Gasteiger partial charge in [-0.15, -0.1) is 0 Å². The molecule has 1 aliphatic rings. The second kappa shape index (κ2) is 7.70. The fourth-order valence-corrected chi connectivity index (χ4v) is 1.87. The zero-order valence-corrected chi connectivity index (χ0v) is 11.9. The first kappa shape index (κ1) is 15.5. The normalized spacial score (nSPS) is 24.7. The van der Waals surface area contributed by atoms with Gasteiger partial charge in [0.1, 0.15) is 0 Å². The highest BCUT2D eigenvalue weighted by Crippen LogP contribution is 2.28. The van der Waals surface area contributed by atoms with Gasteiger partial charge in [-0.3, -0.25) is 4.79 Å². The lowest BCUT2D eigenvalue weighted by Gasteiger charge is -2.27. The van der Waals surface area contributed by atoms with Gasteiger partial charge in [0.2, 0.25) is 5.91 Å². The Labute approximate surface area is 101 Å². The van der Waals surface area contributed by atoms with Gasteiger partial charge in [0.05, 0.1) is 0 Å². The molecule has 16 heavy (non-hydrogen) atoms. The molecule has 0 N–H and O–H groups in total. The molecule has 1 fully saturated rings. The topological polar surface area (TPSA) is 20.3 Å². The third kappa shape index (κ3) is 6.86. The number of rotatable bonds is 1. The van der Waals surface area contributed by atoms with Crippen LogP contribution in [0.3, 0.4) is 0 Å². The minimum Gasteiger partial charge on any atom is -0.349 e. The summed E-state index contributed by atoms with van der Waals surface area (Å²) in [6.45, 7) is 8.77. The third-order valence-corrected chi connectivity index (χ3v) is 2.81. The summed E-state index contributed by atoms with van der Waals surface area (Å²) in [7, 11) is 3.70. The Bertz CT molecular complexity index is 188. The van der Waals surface area contributed by atoms with Crippen molar-refractivity contribution in [2.24, 2.45) is 17.8 Å². The van der Waals surface area contributed by atoms with E-state index >= 15 is 0 Å². The lowest BCUT2D eigenvalue weighted by molar-refractivity contribution is -0.134. The average molecular weight is 227 g/mol. The first-order valence-electron chi connectivity index (χ1n) is 6.55. The quantitative estimate of drug-likeness (QED) is 0.670. The molecule has 0 radical (unpaired) electrons. The molecule has 0 aromatic rings. The highest BCUT2D eigenvalue weighted by Gasteiger charge is 2.24. The van der Waals surface area contributed by atoms with Crippen LogP contribution >= 0.6 is 0 Å². The van der Waals surface area contributed by atoms with E-state index in [-0.39, 0.29) is 0 Å². The monoisotopic (exact) mass is 227 g/mol. The summed E-state index contributed by atoms with van der Waals surface area (Å²) in [6, 6.07) is 0. The summed E-state index contributed by atoms with van der Waals surface area (Å²) < 4.78 is 0. The SMILES string of the molecule is CC(C)C.CC1CCC(C(=O)N(C)C)CC1. The predicted molar refractivity (Wildman–Crippen MR) is 70.3 cm³/mol. The Morgan fingerprint density at radius 1 is 1.06 bits per heavy atom. The van der Waals surface area contributed by atoms with Crippen molar-refractivity contribution in [2.45, 2.75) is 53.4 Å². The summed E-state index contributed by atoms with van der Waals surface area (Å²) in [5.74, 6) is 2.30. The summed E-state index contributed by atoms with van der Waals surface area (Å²) in [5, 5.41) is 0. The molecule has 0 unspecified atom stereocenters. The van der Waals surface area contributed by atoms with Gasteiger partial charge in [0.25, 0.3) is 0 Å². The van der Waals surface area contributed by atoms with Crippen molar-refractivity contribution in [1.29, 1.82) is 0 Å². The molecule has 1 rings (SSSR count). The smallest absolute Gasteiger partial charge is 0.225 e. The van der Waals surface area contributed by atoms with E-state index in [1.54, 1.807) is 4.90 Å². The van der Waals surface area contributed by atoms with Crippen molar-refractivity contribution in [3.8, 4) is 0 Å². The van der Waals surface area contributed by atoms with E-state index < -0.39 is 0 Å². The van der Waals surface area contributed by atoms with Crippen molar-refractivity contribution >= 4 is 5.91 Å². The lowest BCUT2D eigenvalue weighted by atomic mass is 9.82. The van der Waals surface area contributed by atoms with E-state index in [0.29, 0.717) is 11.8 Å². The second-order valence-electron chi connectivity index (χ2n) is 5.92. The Morgan fingerprint density at radius 2 is 1.44 bits per heavy atom. The summed E-state index contributed by atoms with van der Waals surface area (Å²) >= 11 is 0. The number of carbonyl (C=O) groups excluding carboxylic acids is 1. The minimum atomic E-state index is 0.316. The highest BCUT2D eigenvalue weighted by molar-refractivity contribution is 5.78. The van der Waals surface area contributed by atoms with E-state index in [9.17, 15) is 4.79 Å². The molecule has 1 saturated carbocycles. The minimum absolute atomic E-state index is 0.316. The molecule has 1 amide bonds.